The van der Waals surface area contributed by atoms with E-state index in [2.05, 4.69) is 18.4 Å². The largest absolute Gasteiger partial charge is 0.496 e. The molecule has 0 aliphatic carbocycles. The summed E-state index contributed by atoms with van der Waals surface area (Å²) in [5.41, 5.74) is 1.56. The molecule has 0 bridgehead atoms. The standard InChI is InChI=1S/C26H29F2N3O3/c1-5-26(6-2)12-19(23-14-30-15-29(3)13-22(30)25(32)34-23)18-9-16(27)10-20(28)24(18)21-11-17(33-4)7-8-31(21)26/h7-11,13,15,19,23H,5-6,12,14H2,1-4H3/q+2. The maximum absolute atomic E-state index is 15.5. The Morgan fingerprint density at radius 2 is 2.00 bits per heavy atom. The molecule has 0 saturated heterocycles. The van der Waals surface area contributed by atoms with Gasteiger partial charge in [-0.2, -0.15) is 4.57 Å². The van der Waals surface area contributed by atoms with Crippen molar-refractivity contribution in [3.63, 3.8) is 0 Å². The summed E-state index contributed by atoms with van der Waals surface area (Å²) in [6, 6.07) is 5.98. The summed E-state index contributed by atoms with van der Waals surface area (Å²) in [6.07, 6.45) is 7.03. The Balaban J connectivity index is 1.75. The number of carbonyl (C=O) groups is 1. The molecule has 2 aromatic heterocycles. The average Bonchev–Trinajstić information content (AvgIpc) is 3.15. The summed E-state index contributed by atoms with van der Waals surface area (Å²) in [5, 5.41) is 0. The third-order valence-electron chi connectivity index (χ3n) is 7.58. The summed E-state index contributed by atoms with van der Waals surface area (Å²) >= 11 is 0. The Labute approximate surface area is 197 Å². The number of aromatic nitrogens is 3. The van der Waals surface area contributed by atoms with Gasteiger partial charge in [0.1, 0.15) is 36.2 Å². The number of hydrogen-bond donors (Lipinski definition) is 0. The summed E-state index contributed by atoms with van der Waals surface area (Å²) in [7, 11) is 3.41. The highest BCUT2D eigenvalue weighted by Gasteiger charge is 2.50. The van der Waals surface area contributed by atoms with Crippen molar-refractivity contribution in [2.75, 3.05) is 7.11 Å². The van der Waals surface area contributed by atoms with Crippen LogP contribution in [0.25, 0.3) is 11.3 Å². The fourth-order valence-corrected chi connectivity index (χ4v) is 5.74. The molecule has 0 N–H and O–H groups in total. The molecule has 6 nitrogen and oxygen atoms in total. The van der Waals surface area contributed by atoms with Gasteiger partial charge in [0.15, 0.2) is 11.7 Å². The molecular weight excluding hydrogens is 440 g/mol. The summed E-state index contributed by atoms with van der Waals surface area (Å²) in [4.78, 5) is 12.9. The van der Waals surface area contributed by atoms with Crippen LogP contribution in [0.5, 0.6) is 5.75 Å². The highest BCUT2D eigenvalue weighted by Crippen LogP contribution is 2.46. The predicted octanol–water partition coefficient (Wildman–Crippen LogP) is 3.80. The normalized spacial score (nSPS) is 20.6. The van der Waals surface area contributed by atoms with Gasteiger partial charge in [-0.3, -0.25) is 0 Å². The van der Waals surface area contributed by atoms with E-state index < -0.39 is 29.6 Å². The van der Waals surface area contributed by atoms with Crippen molar-refractivity contribution < 1.29 is 32.2 Å². The number of ether oxygens (including phenoxy) is 2. The van der Waals surface area contributed by atoms with Crippen molar-refractivity contribution in [3.05, 3.63) is 65.9 Å². The van der Waals surface area contributed by atoms with Gasteiger partial charge in [0.05, 0.1) is 25.8 Å². The molecule has 0 spiro atoms. The van der Waals surface area contributed by atoms with E-state index in [0.29, 0.717) is 41.2 Å². The van der Waals surface area contributed by atoms with Gasteiger partial charge in [0, 0.05) is 37.3 Å². The maximum atomic E-state index is 15.5. The quantitative estimate of drug-likeness (QED) is 0.432. The van der Waals surface area contributed by atoms with E-state index in [4.69, 9.17) is 9.47 Å². The molecule has 2 atom stereocenters. The zero-order chi connectivity index (χ0) is 24.2. The van der Waals surface area contributed by atoms with Crippen LogP contribution in [0.2, 0.25) is 0 Å². The van der Waals surface area contributed by atoms with Gasteiger partial charge in [0.2, 0.25) is 12.0 Å². The average molecular weight is 470 g/mol. The molecule has 2 aliphatic heterocycles. The van der Waals surface area contributed by atoms with E-state index >= 15 is 4.39 Å². The van der Waals surface area contributed by atoms with Crippen LogP contribution in [0.3, 0.4) is 0 Å². The predicted molar refractivity (Wildman–Crippen MR) is 119 cm³/mol. The van der Waals surface area contributed by atoms with Crippen LogP contribution in [0.15, 0.2) is 43.0 Å². The zero-order valence-corrected chi connectivity index (χ0v) is 19.8. The first-order valence-electron chi connectivity index (χ1n) is 11.7. The molecular formula is C26H29F2N3O3+2. The minimum atomic E-state index is -0.647. The molecule has 0 saturated carbocycles. The number of imidazole rings is 1. The number of benzene rings is 1. The van der Waals surface area contributed by atoms with Crippen LogP contribution in [-0.4, -0.2) is 23.8 Å². The topological polar surface area (TPSA) is 48.2 Å². The highest BCUT2D eigenvalue weighted by atomic mass is 19.1. The van der Waals surface area contributed by atoms with Crippen LogP contribution in [-0.2, 0) is 23.9 Å². The number of rotatable bonds is 4. The molecule has 178 valence electrons. The first kappa shape index (κ1) is 22.5. The van der Waals surface area contributed by atoms with Gasteiger partial charge in [-0.1, -0.05) is 13.8 Å². The molecule has 8 heteroatoms. The van der Waals surface area contributed by atoms with Crippen molar-refractivity contribution >= 4 is 5.97 Å². The minimum Gasteiger partial charge on any atom is -0.496 e. The molecule has 3 aromatic rings. The Morgan fingerprint density at radius 1 is 1.24 bits per heavy atom. The van der Waals surface area contributed by atoms with Crippen molar-refractivity contribution in [2.45, 2.75) is 57.2 Å². The fraction of sp³-hybridized carbons (Fsp3) is 0.423. The van der Waals surface area contributed by atoms with Gasteiger partial charge < -0.3 is 9.47 Å². The lowest BCUT2D eigenvalue weighted by molar-refractivity contribution is -0.757. The molecule has 5 rings (SSSR count). The van der Waals surface area contributed by atoms with Crippen molar-refractivity contribution in [2.24, 2.45) is 7.05 Å². The number of halogens is 2. The van der Waals surface area contributed by atoms with Gasteiger partial charge >= 0.3 is 5.97 Å². The summed E-state index contributed by atoms with van der Waals surface area (Å²) < 4.78 is 47.3. The second-order valence-corrected chi connectivity index (χ2v) is 9.31. The highest BCUT2D eigenvalue weighted by molar-refractivity contribution is 5.87. The number of pyridine rings is 1. The molecule has 4 heterocycles. The van der Waals surface area contributed by atoms with Gasteiger partial charge in [-0.15, -0.1) is 0 Å². The number of methoxy groups -OCH3 is 1. The fourth-order valence-electron chi connectivity index (χ4n) is 5.74. The zero-order valence-electron chi connectivity index (χ0n) is 19.8. The lowest BCUT2D eigenvalue weighted by atomic mass is 9.77. The van der Waals surface area contributed by atoms with E-state index in [1.54, 1.807) is 23.9 Å². The third kappa shape index (κ3) is 3.38. The number of cyclic esters (lactones) is 1. The molecule has 34 heavy (non-hydrogen) atoms. The minimum absolute atomic E-state index is 0.328. The van der Waals surface area contributed by atoms with Crippen molar-refractivity contribution in [3.8, 4) is 17.0 Å². The Morgan fingerprint density at radius 3 is 2.71 bits per heavy atom. The summed E-state index contributed by atoms with van der Waals surface area (Å²) in [5.74, 6) is -1.53. The SMILES string of the molecule is CCC1(CC)CC(C2Cn3c[n+](C)cc3C(=O)O2)c2cc(F)cc(F)c2-c2cc(OC)cc[n+]21. The number of carbonyl (C=O) groups excluding carboxylic acids is 1. The third-order valence-corrected chi connectivity index (χ3v) is 7.58. The van der Waals surface area contributed by atoms with Crippen LogP contribution in [0.4, 0.5) is 8.78 Å². The van der Waals surface area contributed by atoms with Crippen LogP contribution in [0.1, 0.15) is 55.1 Å². The van der Waals surface area contributed by atoms with E-state index in [-0.39, 0.29) is 5.54 Å². The van der Waals surface area contributed by atoms with E-state index in [9.17, 15) is 9.18 Å². The van der Waals surface area contributed by atoms with E-state index in [1.165, 1.54) is 6.07 Å². The van der Waals surface area contributed by atoms with Gasteiger partial charge in [0.25, 0.3) is 5.69 Å². The number of nitrogens with zero attached hydrogens (tertiary/aromatic N) is 3. The Kier molecular flexibility index (Phi) is 5.41. The molecule has 0 amide bonds. The van der Waals surface area contributed by atoms with Gasteiger partial charge in [-0.05, 0) is 11.6 Å². The van der Waals surface area contributed by atoms with Gasteiger partial charge in [-0.25, -0.2) is 22.7 Å². The van der Waals surface area contributed by atoms with Crippen molar-refractivity contribution in [1.82, 2.24) is 4.57 Å². The van der Waals surface area contributed by atoms with Crippen LogP contribution < -0.4 is 13.9 Å². The number of fused-ring (bicyclic) bond motifs is 4. The van der Waals surface area contributed by atoms with E-state index in [1.807, 2.05) is 30.2 Å². The smallest absolute Gasteiger partial charge is 0.382 e. The Bertz CT molecular complexity index is 1280. The first-order chi connectivity index (χ1) is 16.3. The lowest BCUT2D eigenvalue weighted by Gasteiger charge is -2.33. The van der Waals surface area contributed by atoms with Crippen LogP contribution >= 0.6 is 0 Å². The second-order valence-electron chi connectivity index (χ2n) is 9.31. The number of esters is 1. The number of aryl methyl sites for hydroxylation is 1. The molecule has 1 aromatic carbocycles. The Hall–Kier alpha value is -3.29. The lowest BCUT2D eigenvalue weighted by Crippen LogP contribution is -2.57. The summed E-state index contributed by atoms with van der Waals surface area (Å²) in [6.45, 7) is 4.62. The van der Waals surface area contributed by atoms with Crippen molar-refractivity contribution in [1.29, 1.82) is 0 Å². The second kappa shape index (κ2) is 8.18. The molecule has 2 aliphatic rings. The number of hydrogen-bond acceptors (Lipinski definition) is 3. The van der Waals surface area contributed by atoms with Crippen LogP contribution in [0, 0.1) is 11.6 Å². The monoisotopic (exact) mass is 469 g/mol. The maximum Gasteiger partial charge on any atom is 0.382 e. The van der Waals surface area contributed by atoms with E-state index in [0.717, 1.165) is 18.9 Å². The first-order valence-corrected chi connectivity index (χ1v) is 11.7. The molecule has 0 fully saturated rings. The molecule has 0 radical (unpaired) electrons. The molecule has 2 unspecified atom stereocenters.